The molecule has 1 fully saturated rings. The van der Waals surface area contributed by atoms with Gasteiger partial charge in [0, 0.05) is 19.1 Å². The standard InChI is InChI=1S/C17H27N3O.2ClH/c1-13(2)20(3)12-15-7-4-6-14(10-15)11-19-17(21)16-8-5-9-18-16;;/h4,6-7,10,13,16,18H,5,8-9,11-12H2,1-3H3,(H,19,21);2*1H. The summed E-state index contributed by atoms with van der Waals surface area (Å²) >= 11 is 0. The maximum Gasteiger partial charge on any atom is 0.237 e. The van der Waals surface area contributed by atoms with Crippen molar-refractivity contribution >= 4 is 30.7 Å². The van der Waals surface area contributed by atoms with Crippen LogP contribution in [0.1, 0.15) is 37.8 Å². The van der Waals surface area contributed by atoms with E-state index in [0.29, 0.717) is 12.6 Å². The van der Waals surface area contributed by atoms with Crippen molar-refractivity contribution in [3.05, 3.63) is 35.4 Å². The van der Waals surface area contributed by atoms with Gasteiger partial charge in [-0.25, -0.2) is 0 Å². The number of nitrogens with zero attached hydrogens (tertiary/aromatic N) is 1. The van der Waals surface area contributed by atoms with Crippen LogP contribution in [-0.2, 0) is 17.9 Å². The number of amides is 1. The van der Waals surface area contributed by atoms with Crippen molar-refractivity contribution in [2.75, 3.05) is 13.6 Å². The molecule has 1 atom stereocenters. The topological polar surface area (TPSA) is 44.4 Å². The molecule has 1 saturated heterocycles. The van der Waals surface area contributed by atoms with Crippen LogP contribution in [0.5, 0.6) is 0 Å². The maximum absolute atomic E-state index is 12.0. The Bertz CT molecular complexity index is 477. The average Bonchev–Trinajstić information content (AvgIpc) is 2.99. The van der Waals surface area contributed by atoms with E-state index in [2.05, 4.69) is 60.7 Å². The molecule has 1 aromatic carbocycles. The molecule has 1 amide bonds. The highest BCUT2D eigenvalue weighted by Crippen LogP contribution is 2.10. The molecule has 2 rings (SSSR count). The van der Waals surface area contributed by atoms with Gasteiger partial charge in [0.2, 0.25) is 5.91 Å². The van der Waals surface area contributed by atoms with Crippen LogP contribution in [0, 0.1) is 0 Å². The van der Waals surface area contributed by atoms with Crippen LogP contribution in [0.25, 0.3) is 0 Å². The van der Waals surface area contributed by atoms with E-state index < -0.39 is 0 Å². The van der Waals surface area contributed by atoms with E-state index in [4.69, 9.17) is 0 Å². The Hall–Kier alpha value is -0.810. The second-order valence-corrected chi connectivity index (χ2v) is 6.20. The zero-order valence-electron chi connectivity index (χ0n) is 14.2. The number of hydrogen-bond donors (Lipinski definition) is 2. The first kappa shape index (κ1) is 22.2. The smallest absolute Gasteiger partial charge is 0.237 e. The molecule has 0 spiro atoms. The van der Waals surface area contributed by atoms with E-state index >= 15 is 0 Å². The van der Waals surface area contributed by atoms with Gasteiger partial charge in [0.25, 0.3) is 0 Å². The normalized spacial score (nSPS) is 16.8. The van der Waals surface area contributed by atoms with Gasteiger partial charge in [-0.2, -0.15) is 0 Å². The van der Waals surface area contributed by atoms with Gasteiger partial charge in [-0.05, 0) is 51.4 Å². The minimum atomic E-state index is 0. The van der Waals surface area contributed by atoms with Crippen LogP contribution in [0.2, 0.25) is 0 Å². The van der Waals surface area contributed by atoms with Gasteiger partial charge in [-0.3, -0.25) is 9.69 Å². The van der Waals surface area contributed by atoms with Crippen molar-refractivity contribution in [1.82, 2.24) is 15.5 Å². The minimum absolute atomic E-state index is 0. The number of carbonyl (C=O) groups is 1. The van der Waals surface area contributed by atoms with Crippen molar-refractivity contribution < 1.29 is 4.79 Å². The molecule has 132 valence electrons. The molecule has 1 unspecified atom stereocenters. The fourth-order valence-electron chi connectivity index (χ4n) is 2.53. The summed E-state index contributed by atoms with van der Waals surface area (Å²) in [4.78, 5) is 14.3. The summed E-state index contributed by atoms with van der Waals surface area (Å²) in [5, 5.41) is 6.25. The number of benzene rings is 1. The van der Waals surface area contributed by atoms with Crippen LogP contribution in [0.4, 0.5) is 0 Å². The minimum Gasteiger partial charge on any atom is -0.351 e. The van der Waals surface area contributed by atoms with Crippen molar-refractivity contribution in [3.8, 4) is 0 Å². The number of rotatable bonds is 6. The van der Waals surface area contributed by atoms with Crippen LogP contribution in [-0.4, -0.2) is 36.5 Å². The van der Waals surface area contributed by atoms with Gasteiger partial charge in [0.1, 0.15) is 0 Å². The molecule has 0 bridgehead atoms. The molecule has 1 aliphatic heterocycles. The van der Waals surface area contributed by atoms with E-state index in [1.165, 1.54) is 5.56 Å². The summed E-state index contributed by atoms with van der Waals surface area (Å²) in [6.07, 6.45) is 2.04. The lowest BCUT2D eigenvalue weighted by atomic mass is 10.1. The second-order valence-electron chi connectivity index (χ2n) is 6.20. The Labute approximate surface area is 152 Å². The quantitative estimate of drug-likeness (QED) is 0.818. The van der Waals surface area contributed by atoms with Crippen LogP contribution in [0.15, 0.2) is 24.3 Å². The summed E-state index contributed by atoms with van der Waals surface area (Å²) in [7, 11) is 2.13. The summed E-state index contributed by atoms with van der Waals surface area (Å²) in [6, 6.07) is 8.99. The van der Waals surface area contributed by atoms with Crippen LogP contribution < -0.4 is 10.6 Å². The predicted molar refractivity (Wildman–Crippen MR) is 100 cm³/mol. The third-order valence-electron chi connectivity index (χ3n) is 4.15. The molecule has 2 N–H and O–H groups in total. The van der Waals surface area contributed by atoms with Crippen LogP contribution >= 0.6 is 24.8 Å². The first-order valence-electron chi connectivity index (χ1n) is 7.85. The molecule has 1 aromatic rings. The van der Waals surface area contributed by atoms with E-state index in [1.807, 2.05) is 0 Å². The van der Waals surface area contributed by atoms with Crippen molar-refractivity contribution in [1.29, 1.82) is 0 Å². The first-order chi connectivity index (χ1) is 10.1. The Morgan fingerprint density at radius 1 is 1.35 bits per heavy atom. The third-order valence-corrected chi connectivity index (χ3v) is 4.15. The van der Waals surface area contributed by atoms with E-state index in [-0.39, 0.29) is 36.8 Å². The largest absolute Gasteiger partial charge is 0.351 e. The molecule has 1 heterocycles. The van der Waals surface area contributed by atoms with Crippen molar-refractivity contribution in [3.63, 3.8) is 0 Å². The lowest BCUT2D eigenvalue weighted by molar-refractivity contribution is -0.122. The van der Waals surface area contributed by atoms with Gasteiger partial charge in [-0.15, -0.1) is 24.8 Å². The van der Waals surface area contributed by atoms with Gasteiger partial charge >= 0.3 is 0 Å². The number of halogens is 2. The average molecular weight is 362 g/mol. The molecule has 4 nitrogen and oxygen atoms in total. The van der Waals surface area contributed by atoms with E-state index in [0.717, 1.165) is 31.5 Å². The molecule has 6 heteroatoms. The Balaban J connectivity index is 0.00000242. The highest BCUT2D eigenvalue weighted by atomic mass is 35.5. The molecule has 0 radical (unpaired) electrons. The second kappa shape index (κ2) is 10.9. The summed E-state index contributed by atoms with van der Waals surface area (Å²) in [5.74, 6) is 0.122. The molecule has 0 aromatic heterocycles. The van der Waals surface area contributed by atoms with Gasteiger partial charge in [0.05, 0.1) is 6.04 Å². The molecule has 0 saturated carbocycles. The molecule has 23 heavy (non-hydrogen) atoms. The Kier molecular flexibility index (Phi) is 10.5. The molecular weight excluding hydrogens is 333 g/mol. The van der Waals surface area contributed by atoms with Gasteiger partial charge < -0.3 is 10.6 Å². The zero-order chi connectivity index (χ0) is 15.2. The third kappa shape index (κ3) is 7.08. The fraction of sp³-hybridized carbons (Fsp3) is 0.588. The maximum atomic E-state index is 12.0. The SMILES string of the molecule is CC(C)N(C)Cc1cccc(CNC(=O)C2CCCN2)c1.Cl.Cl. The lowest BCUT2D eigenvalue weighted by Crippen LogP contribution is -2.40. The summed E-state index contributed by atoms with van der Waals surface area (Å²) in [5.41, 5.74) is 2.45. The molecular formula is C17H29Cl2N3O. The Morgan fingerprint density at radius 3 is 2.65 bits per heavy atom. The van der Waals surface area contributed by atoms with Gasteiger partial charge in [0.15, 0.2) is 0 Å². The van der Waals surface area contributed by atoms with E-state index in [1.54, 1.807) is 0 Å². The van der Waals surface area contributed by atoms with Gasteiger partial charge in [-0.1, -0.05) is 24.3 Å². The highest BCUT2D eigenvalue weighted by molar-refractivity contribution is 5.85. The lowest BCUT2D eigenvalue weighted by Gasteiger charge is -2.21. The predicted octanol–water partition coefficient (Wildman–Crippen LogP) is 2.74. The monoisotopic (exact) mass is 361 g/mol. The van der Waals surface area contributed by atoms with Crippen molar-refractivity contribution in [2.45, 2.75) is 51.9 Å². The fourth-order valence-corrected chi connectivity index (χ4v) is 2.53. The molecule has 1 aliphatic rings. The summed E-state index contributed by atoms with van der Waals surface area (Å²) < 4.78 is 0. The molecule has 0 aliphatic carbocycles. The number of hydrogen-bond acceptors (Lipinski definition) is 3. The first-order valence-corrected chi connectivity index (χ1v) is 7.85. The van der Waals surface area contributed by atoms with Crippen molar-refractivity contribution in [2.24, 2.45) is 0 Å². The van der Waals surface area contributed by atoms with E-state index in [9.17, 15) is 4.79 Å². The Morgan fingerprint density at radius 2 is 2.04 bits per heavy atom. The summed E-state index contributed by atoms with van der Waals surface area (Å²) in [6.45, 7) is 6.88. The number of nitrogens with one attached hydrogen (secondary N) is 2. The highest BCUT2D eigenvalue weighted by Gasteiger charge is 2.21. The van der Waals surface area contributed by atoms with Crippen LogP contribution in [0.3, 0.4) is 0 Å². The number of carbonyl (C=O) groups excluding carboxylic acids is 1. The zero-order valence-corrected chi connectivity index (χ0v) is 15.8.